The van der Waals surface area contributed by atoms with E-state index in [0.717, 1.165) is 0 Å². The molecule has 0 aliphatic heterocycles. The number of benzene rings is 1. The molecule has 0 aliphatic carbocycles. The quantitative estimate of drug-likeness (QED) is 0.471. The van der Waals surface area contributed by atoms with E-state index < -0.39 is 46.2 Å². The van der Waals surface area contributed by atoms with Crippen molar-refractivity contribution >= 4 is 22.3 Å². The van der Waals surface area contributed by atoms with Crippen LogP contribution < -0.4 is 61.6 Å². The van der Waals surface area contributed by atoms with E-state index in [9.17, 15) is 25.8 Å². The maximum absolute atomic E-state index is 13.0. The molecule has 21 heavy (non-hydrogen) atoms. The fourth-order valence-electron chi connectivity index (χ4n) is 1.60. The number of ether oxygens (including phenoxy) is 1. The Morgan fingerprint density at radius 3 is 2.33 bits per heavy atom. The second-order valence-electron chi connectivity index (χ2n) is 4.26. The molecule has 0 unspecified atom stereocenters. The van der Waals surface area contributed by atoms with Crippen LogP contribution in [0.4, 0.5) is 17.3 Å². The largest absolute Gasteiger partial charge is 1.00 e. The van der Waals surface area contributed by atoms with Crippen molar-refractivity contribution < 1.29 is 81.9 Å². The van der Waals surface area contributed by atoms with E-state index in [1.807, 2.05) is 0 Å². The Bertz CT molecular complexity index is 563. The van der Waals surface area contributed by atoms with Gasteiger partial charge in [0.05, 0.1) is 17.3 Å². The Morgan fingerprint density at radius 2 is 1.81 bits per heavy atom. The molecular weight excluding hydrogens is 338 g/mol. The maximum Gasteiger partial charge on any atom is 1.00 e. The standard InChI is InChI=1S/C11H14BF4O3S.K/c1-2-6-20(17,18)7-5-19-11-8-9(13)3-4-10(11)12(14,15)16;/h3-4,8H,2,5-7H2,1H3;/q-1;+1. The van der Waals surface area contributed by atoms with Crippen LogP contribution in [-0.2, 0) is 9.84 Å². The van der Waals surface area contributed by atoms with Gasteiger partial charge in [0.2, 0.25) is 0 Å². The third kappa shape index (κ3) is 7.47. The molecule has 0 bridgehead atoms. The van der Waals surface area contributed by atoms with Gasteiger partial charge in [0, 0.05) is 6.07 Å². The second-order valence-corrected chi connectivity index (χ2v) is 6.56. The summed E-state index contributed by atoms with van der Waals surface area (Å²) in [7, 11) is -3.36. The zero-order chi connectivity index (χ0) is 15.4. The van der Waals surface area contributed by atoms with Crippen molar-refractivity contribution in [3.05, 3.63) is 24.0 Å². The fourth-order valence-corrected chi connectivity index (χ4v) is 2.76. The number of halogens is 4. The molecule has 0 radical (unpaired) electrons. The second kappa shape index (κ2) is 8.88. The third-order valence-electron chi connectivity index (χ3n) is 2.50. The van der Waals surface area contributed by atoms with Crippen LogP contribution >= 0.6 is 0 Å². The van der Waals surface area contributed by atoms with Gasteiger partial charge in [-0.1, -0.05) is 18.5 Å². The van der Waals surface area contributed by atoms with Crippen LogP contribution in [0.15, 0.2) is 18.2 Å². The fraction of sp³-hybridized carbons (Fsp3) is 0.455. The Morgan fingerprint density at radius 1 is 1.19 bits per heavy atom. The summed E-state index contributed by atoms with van der Waals surface area (Å²) in [6.07, 6.45) is 0.416. The van der Waals surface area contributed by atoms with Gasteiger partial charge in [-0.05, 0) is 12.5 Å². The monoisotopic (exact) mass is 352 g/mol. The first-order valence-electron chi connectivity index (χ1n) is 5.98. The molecule has 0 spiro atoms. The third-order valence-corrected chi connectivity index (χ3v) is 4.31. The summed E-state index contributed by atoms with van der Waals surface area (Å²) in [4.78, 5) is 0. The molecule has 0 fully saturated rings. The predicted octanol–water partition coefficient (Wildman–Crippen LogP) is -0.912. The number of hydrogen-bond acceptors (Lipinski definition) is 3. The zero-order valence-corrected chi connectivity index (χ0v) is 15.7. The molecule has 114 valence electrons. The topological polar surface area (TPSA) is 43.4 Å². The number of sulfone groups is 1. The van der Waals surface area contributed by atoms with Crippen LogP contribution in [0.2, 0.25) is 0 Å². The SMILES string of the molecule is CCCS(=O)(=O)CCOc1cc(F)ccc1[B-](F)(F)F.[K+]. The summed E-state index contributed by atoms with van der Waals surface area (Å²) in [5.74, 6) is -2.01. The van der Waals surface area contributed by atoms with Crippen LogP contribution in [0.3, 0.4) is 0 Å². The first-order chi connectivity index (χ1) is 9.15. The number of hydrogen-bond donors (Lipinski definition) is 0. The van der Waals surface area contributed by atoms with E-state index in [2.05, 4.69) is 0 Å². The number of rotatable bonds is 7. The molecule has 0 saturated carbocycles. The molecule has 0 saturated heterocycles. The van der Waals surface area contributed by atoms with Gasteiger partial charge in [-0.2, -0.15) is 0 Å². The van der Waals surface area contributed by atoms with Crippen molar-refractivity contribution in [2.24, 2.45) is 0 Å². The minimum Gasteiger partial charge on any atom is -0.495 e. The summed E-state index contributed by atoms with van der Waals surface area (Å²) in [6.45, 7) is -4.11. The molecule has 0 N–H and O–H groups in total. The van der Waals surface area contributed by atoms with E-state index in [-0.39, 0.29) is 57.1 Å². The van der Waals surface area contributed by atoms with Crippen molar-refractivity contribution in [1.82, 2.24) is 0 Å². The van der Waals surface area contributed by atoms with E-state index in [0.29, 0.717) is 24.6 Å². The van der Waals surface area contributed by atoms with Crippen LogP contribution in [0, 0.1) is 5.82 Å². The molecule has 3 nitrogen and oxygen atoms in total. The molecule has 0 atom stereocenters. The summed E-state index contributed by atoms with van der Waals surface area (Å²) < 4.78 is 78.7. The Hall–Kier alpha value is 0.391. The van der Waals surface area contributed by atoms with Crippen LogP contribution in [0.1, 0.15) is 13.3 Å². The summed E-state index contributed by atoms with van der Waals surface area (Å²) >= 11 is 0. The first-order valence-corrected chi connectivity index (χ1v) is 7.80. The van der Waals surface area contributed by atoms with Crippen molar-refractivity contribution in [1.29, 1.82) is 0 Å². The van der Waals surface area contributed by atoms with Gasteiger partial charge < -0.3 is 17.7 Å². The molecule has 10 heteroatoms. The van der Waals surface area contributed by atoms with E-state index in [1.54, 1.807) is 6.92 Å². The first kappa shape index (κ1) is 21.4. The average molecular weight is 352 g/mol. The normalized spacial score (nSPS) is 11.9. The molecular formula is C11H14BF4KO3S. The molecule has 1 rings (SSSR count). The van der Waals surface area contributed by atoms with Gasteiger partial charge in [-0.15, -0.1) is 0 Å². The smallest absolute Gasteiger partial charge is 0.495 e. The van der Waals surface area contributed by atoms with Crippen molar-refractivity contribution in [2.45, 2.75) is 13.3 Å². The van der Waals surface area contributed by atoms with Crippen molar-refractivity contribution in [2.75, 3.05) is 18.1 Å². The summed E-state index contributed by atoms with van der Waals surface area (Å²) in [5.41, 5.74) is -1.07. The van der Waals surface area contributed by atoms with E-state index >= 15 is 0 Å². The minimum atomic E-state index is -5.35. The predicted molar refractivity (Wildman–Crippen MR) is 69.6 cm³/mol. The van der Waals surface area contributed by atoms with Gasteiger partial charge in [0.25, 0.3) is 0 Å². The Balaban J connectivity index is 0.00000400. The zero-order valence-electron chi connectivity index (χ0n) is 11.8. The van der Waals surface area contributed by atoms with Gasteiger partial charge >= 0.3 is 58.4 Å². The van der Waals surface area contributed by atoms with E-state index in [4.69, 9.17) is 4.74 Å². The van der Waals surface area contributed by atoms with Gasteiger partial charge in [0.1, 0.15) is 12.4 Å². The minimum absolute atomic E-state index is 0. The van der Waals surface area contributed by atoms with Crippen molar-refractivity contribution in [3.63, 3.8) is 0 Å². The van der Waals surface area contributed by atoms with Gasteiger partial charge in [-0.3, -0.25) is 0 Å². The maximum atomic E-state index is 13.0. The summed E-state index contributed by atoms with van der Waals surface area (Å²) in [5, 5.41) is 0. The molecule has 0 heterocycles. The van der Waals surface area contributed by atoms with Crippen molar-refractivity contribution in [3.8, 4) is 5.75 Å². The molecule has 0 aromatic heterocycles. The molecule has 0 amide bonds. The van der Waals surface area contributed by atoms with Gasteiger partial charge in [-0.25, -0.2) is 12.8 Å². The Labute approximate surface area is 163 Å². The van der Waals surface area contributed by atoms with Crippen LogP contribution in [0.5, 0.6) is 5.75 Å². The van der Waals surface area contributed by atoms with Gasteiger partial charge in [0.15, 0.2) is 9.84 Å². The molecule has 0 aliphatic rings. The van der Waals surface area contributed by atoms with Crippen LogP contribution in [-0.4, -0.2) is 33.5 Å². The molecule has 1 aromatic carbocycles. The summed E-state index contributed by atoms with van der Waals surface area (Å²) in [6, 6.07) is 1.88. The van der Waals surface area contributed by atoms with E-state index in [1.165, 1.54) is 0 Å². The Kier molecular flexibility index (Phi) is 9.04. The average Bonchev–Trinajstić information content (AvgIpc) is 2.26. The van der Waals surface area contributed by atoms with Crippen LogP contribution in [0.25, 0.3) is 0 Å². The molecule has 1 aromatic rings.